The first-order chi connectivity index (χ1) is 11.0. The van der Waals surface area contributed by atoms with Crippen LogP contribution in [0.15, 0.2) is 59.1 Å². The molecule has 1 N–H and O–H groups in total. The third-order valence-electron chi connectivity index (χ3n) is 4.40. The second-order valence-electron chi connectivity index (χ2n) is 5.57. The zero-order chi connectivity index (χ0) is 16.9. The van der Waals surface area contributed by atoms with Gasteiger partial charge < -0.3 is 5.11 Å². The van der Waals surface area contributed by atoms with Crippen molar-refractivity contribution in [3.8, 4) is 0 Å². The third kappa shape index (κ3) is 3.73. The Morgan fingerprint density at radius 2 is 1.61 bits per heavy atom. The minimum atomic E-state index is -0.881. The lowest BCUT2D eigenvalue weighted by molar-refractivity contribution is -0.145. The van der Waals surface area contributed by atoms with Crippen molar-refractivity contribution in [2.24, 2.45) is 5.41 Å². The first-order valence-electron chi connectivity index (χ1n) is 7.80. The van der Waals surface area contributed by atoms with Crippen molar-refractivity contribution in [1.82, 2.24) is 0 Å². The summed E-state index contributed by atoms with van der Waals surface area (Å²) in [7, 11) is 0. The summed E-state index contributed by atoms with van der Waals surface area (Å²) in [5.41, 5.74) is 1.94. The van der Waals surface area contributed by atoms with E-state index in [2.05, 4.69) is 15.9 Å². The number of aliphatic carboxylic acids is 1. The first-order valence-corrected chi connectivity index (χ1v) is 8.59. The van der Waals surface area contributed by atoms with Gasteiger partial charge >= 0.3 is 5.97 Å². The zero-order valence-corrected chi connectivity index (χ0v) is 15.0. The Morgan fingerprint density at radius 1 is 1.04 bits per heavy atom. The highest BCUT2D eigenvalue weighted by Gasteiger charge is 2.39. The number of halogens is 1. The molecule has 2 rings (SSSR count). The molecule has 0 atom stereocenters. The lowest BCUT2D eigenvalue weighted by Crippen LogP contribution is -2.31. The maximum absolute atomic E-state index is 12.1. The predicted molar refractivity (Wildman–Crippen MR) is 99.1 cm³/mol. The predicted octanol–water partition coefficient (Wildman–Crippen LogP) is 5.88. The van der Waals surface area contributed by atoms with Crippen LogP contribution in [0, 0.1) is 5.41 Å². The first kappa shape index (κ1) is 17.5. The maximum Gasteiger partial charge on any atom is 0.314 e. The quantitative estimate of drug-likeness (QED) is 0.642. The van der Waals surface area contributed by atoms with Crippen LogP contribution in [0.4, 0.5) is 0 Å². The molecular weight excluding hydrogens is 352 g/mol. The molecule has 2 nitrogen and oxygen atoms in total. The lowest BCUT2D eigenvalue weighted by Gasteiger charge is -2.30. The van der Waals surface area contributed by atoms with Crippen LogP contribution in [0.5, 0.6) is 0 Å². The highest BCUT2D eigenvalue weighted by molar-refractivity contribution is 9.10. The number of carbonyl (C=O) groups is 1. The van der Waals surface area contributed by atoms with Gasteiger partial charge in [-0.25, -0.2) is 0 Å². The zero-order valence-electron chi connectivity index (χ0n) is 13.4. The molecule has 0 saturated carbocycles. The van der Waals surface area contributed by atoms with Crippen LogP contribution in [0.25, 0.3) is 11.6 Å². The van der Waals surface area contributed by atoms with E-state index in [0.29, 0.717) is 12.8 Å². The van der Waals surface area contributed by atoms with E-state index in [4.69, 9.17) is 0 Å². The van der Waals surface area contributed by atoms with Gasteiger partial charge in [0.1, 0.15) is 0 Å². The molecule has 3 heteroatoms. The third-order valence-corrected chi connectivity index (χ3v) is 4.93. The van der Waals surface area contributed by atoms with Gasteiger partial charge in [0, 0.05) is 4.47 Å². The molecule has 0 unspecified atom stereocenters. The average molecular weight is 373 g/mol. The van der Waals surface area contributed by atoms with E-state index in [1.54, 1.807) is 0 Å². The van der Waals surface area contributed by atoms with Crippen molar-refractivity contribution < 1.29 is 9.90 Å². The fraction of sp³-hybridized carbons (Fsp3) is 0.250. The van der Waals surface area contributed by atoms with Gasteiger partial charge in [-0.3, -0.25) is 4.79 Å². The summed E-state index contributed by atoms with van der Waals surface area (Å²) in [5, 5.41) is 9.93. The molecule has 0 bridgehead atoms. The van der Waals surface area contributed by atoms with E-state index in [1.807, 2.05) is 74.5 Å². The van der Waals surface area contributed by atoms with Crippen LogP contribution in [0.2, 0.25) is 0 Å². The van der Waals surface area contributed by atoms with Crippen molar-refractivity contribution in [3.63, 3.8) is 0 Å². The van der Waals surface area contributed by atoms with Crippen molar-refractivity contribution in [2.45, 2.75) is 26.7 Å². The van der Waals surface area contributed by atoms with Gasteiger partial charge in [0.2, 0.25) is 0 Å². The lowest BCUT2D eigenvalue weighted by atomic mass is 9.72. The number of carboxylic acid groups (broad SMARTS) is 1. The molecule has 0 aliphatic heterocycles. The maximum atomic E-state index is 12.1. The summed E-state index contributed by atoms with van der Waals surface area (Å²) in [4.78, 5) is 12.1. The van der Waals surface area contributed by atoms with Gasteiger partial charge in [0.05, 0.1) is 5.41 Å². The second kappa shape index (κ2) is 7.60. The Morgan fingerprint density at radius 3 is 2.09 bits per heavy atom. The molecule has 2 aromatic carbocycles. The molecule has 0 saturated heterocycles. The summed E-state index contributed by atoms with van der Waals surface area (Å²) in [5.74, 6) is -0.769. The van der Waals surface area contributed by atoms with Gasteiger partial charge in [-0.2, -0.15) is 0 Å². The van der Waals surface area contributed by atoms with Gasteiger partial charge in [-0.05, 0) is 41.7 Å². The number of rotatable bonds is 6. The fourth-order valence-electron chi connectivity index (χ4n) is 2.89. The molecule has 2 aromatic rings. The number of carboxylic acids is 1. The monoisotopic (exact) mass is 372 g/mol. The summed E-state index contributed by atoms with van der Waals surface area (Å²) >= 11 is 3.43. The normalized spacial score (nSPS) is 12.2. The molecule has 0 fully saturated rings. The number of hydrogen-bond donors (Lipinski definition) is 1. The van der Waals surface area contributed by atoms with Crippen molar-refractivity contribution in [3.05, 3.63) is 70.2 Å². The molecule has 0 spiro atoms. The van der Waals surface area contributed by atoms with Crippen molar-refractivity contribution in [2.75, 3.05) is 0 Å². The van der Waals surface area contributed by atoms with Crippen LogP contribution >= 0.6 is 15.9 Å². The average Bonchev–Trinajstić information content (AvgIpc) is 2.57. The van der Waals surface area contributed by atoms with Gasteiger partial charge in [-0.1, -0.05) is 78.3 Å². The summed E-state index contributed by atoms with van der Waals surface area (Å²) < 4.78 is 1.01. The molecule has 0 aromatic heterocycles. The number of hydrogen-bond acceptors (Lipinski definition) is 1. The Bertz CT molecular complexity index is 683. The molecule has 0 heterocycles. The van der Waals surface area contributed by atoms with E-state index in [0.717, 1.165) is 21.2 Å². The van der Waals surface area contributed by atoms with Crippen molar-refractivity contribution >= 4 is 33.5 Å². The van der Waals surface area contributed by atoms with E-state index in [9.17, 15) is 9.90 Å². The van der Waals surface area contributed by atoms with Crippen LogP contribution in [0.1, 0.15) is 37.8 Å². The standard InChI is InChI=1S/C20H21BrO2/c1-3-20(4-2,19(22)23)18(16-8-6-5-7-9-16)14-15-10-12-17(21)13-11-15/h5-14H,3-4H2,1-2H3,(H,22,23). The molecule has 0 aliphatic carbocycles. The Hall–Kier alpha value is -1.87. The Labute approximate surface area is 146 Å². The summed E-state index contributed by atoms with van der Waals surface area (Å²) in [6.07, 6.45) is 3.11. The van der Waals surface area contributed by atoms with Crippen molar-refractivity contribution in [1.29, 1.82) is 0 Å². The van der Waals surface area contributed by atoms with Gasteiger partial charge in [0.25, 0.3) is 0 Å². The number of benzene rings is 2. The minimum Gasteiger partial charge on any atom is -0.481 e. The summed E-state index contributed by atoms with van der Waals surface area (Å²) in [6, 6.07) is 17.7. The van der Waals surface area contributed by atoms with E-state index in [1.165, 1.54) is 0 Å². The molecule has 0 amide bonds. The second-order valence-corrected chi connectivity index (χ2v) is 6.49. The van der Waals surface area contributed by atoms with Crippen LogP contribution in [-0.2, 0) is 4.79 Å². The molecule has 0 aliphatic rings. The van der Waals surface area contributed by atoms with E-state index >= 15 is 0 Å². The Balaban J connectivity index is 2.65. The fourth-order valence-corrected chi connectivity index (χ4v) is 3.15. The molecular formula is C20H21BrO2. The molecule has 120 valence electrons. The topological polar surface area (TPSA) is 37.3 Å². The van der Waals surface area contributed by atoms with Crippen LogP contribution < -0.4 is 0 Å². The molecule has 23 heavy (non-hydrogen) atoms. The highest BCUT2D eigenvalue weighted by Crippen LogP contribution is 2.42. The Kier molecular flexibility index (Phi) is 5.78. The highest BCUT2D eigenvalue weighted by atomic mass is 79.9. The summed E-state index contributed by atoms with van der Waals surface area (Å²) in [6.45, 7) is 3.88. The molecule has 0 radical (unpaired) electrons. The minimum absolute atomic E-state index is 0.552. The SMILES string of the molecule is CCC(CC)(C(=O)O)C(=Cc1ccc(Br)cc1)c1ccccc1. The van der Waals surface area contributed by atoms with Gasteiger partial charge in [0.15, 0.2) is 0 Å². The smallest absolute Gasteiger partial charge is 0.314 e. The van der Waals surface area contributed by atoms with Gasteiger partial charge in [-0.15, -0.1) is 0 Å². The van der Waals surface area contributed by atoms with E-state index in [-0.39, 0.29) is 0 Å². The van der Waals surface area contributed by atoms with Crippen LogP contribution in [-0.4, -0.2) is 11.1 Å². The van der Waals surface area contributed by atoms with E-state index < -0.39 is 11.4 Å². The van der Waals surface area contributed by atoms with Crippen LogP contribution in [0.3, 0.4) is 0 Å². The largest absolute Gasteiger partial charge is 0.481 e.